The number of furan rings is 1. The van der Waals surface area contributed by atoms with Gasteiger partial charge in [-0.25, -0.2) is 4.79 Å². The molecule has 1 heterocycles. The van der Waals surface area contributed by atoms with Gasteiger partial charge in [-0.15, -0.1) is 0 Å². The summed E-state index contributed by atoms with van der Waals surface area (Å²) in [7, 11) is 3.39. The van der Waals surface area contributed by atoms with Gasteiger partial charge >= 0.3 is 6.03 Å². The van der Waals surface area contributed by atoms with E-state index in [0.717, 1.165) is 16.7 Å². The van der Waals surface area contributed by atoms with Crippen molar-refractivity contribution in [1.82, 2.24) is 15.5 Å². The van der Waals surface area contributed by atoms with Crippen LogP contribution in [0.15, 0.2) is 34.7 Å². The molecule has 118 valence electrons. The second kappa shape index (κ2) is 7.09. The van der Waals surface area contributed by atoms with Crippen molar-refractivity contribution in [1.29, 1.82) is 0 Å². The Balaban J connectivity index is 1.92. The van der Waals surface area contributed by atoms with Gasteiger partial charge in [0, 0.05) is 25.4 Å². The van der Waals surface area contributed by atoms with E-state index in [1.54, 1.807) is 0 Å². The Morgan fingerprint density at radius 3 is 2.73 bits per heavy atom. The lowest BCUT2D eigenvalue weighted by atomic mass is 10.2. The second-order valence-electron chi connectivity index (χ2n) is 5.22. The molecule has 0 spiro atoms. The number of carbonyl (C=O) groups excluding carboxylic acids is 2. The minimum absolute atomic E-state index is 0.0419. The van der Waals surface area contributed by atoms with Crippen LogP contribution in [0.2, 0.25) is 0 Å². The van der Waals surface area contributed by atoms with E-state index >= 15 is 0 Å². The van der Waals surface area contributed by atoms with E-state index in [2.05, 4.69) is 10.6 Å². The molecule has 1 aromatic heterocycles. The predicted octanol–water partition coefficient (Wildman–Crippen LogP) is 2.27. The number of amides is 3. The lowest BCUT2D eigenvalue weighted by Crippen LogP contribution is -2.38. The van der Waals surface area contributed by atoms with Gasteiger partial charge in [-0.3, -0.25) is 15.0 Å². The number of hydrogen-bond donors (Lipinski definition) is 2. The molecule has 0 bridgehead atoms. The van der Waals surface area contributed by atoms with Crippen molar-refractivity contribution in [3.63, 3.8) is 0 Å². The molecule has 0 unspecified atom stereocenters. The maximum atomic E-state index is 11.6. The maximum absolute atomic E-state index is 11.6. The molecular formula is C16H21N3O3. The molecule has 0 aliphatic heterocycles. The molecule has 0 aliphatic rings. The first-order chi connectivity index (χ1) is 10.5. The molecule has 2 rings (SSSR count). The SMILES string of the molecule is CNC(=O)NC(=O)CCN(C)[C@@H](C)c1cc2ccccc2o1. The Bertz CT molecular complexity index is 632. The van der Waals surface area contributed by atoms with Gasteiger partial charge in [-0.1, -0.05) is 18.2 Å². The van der Waals surface area contributed by atoms with Crippen LogP contribution in [-0.2, 0) is 4.79 Å². The minimum Gasteiger partial charge on any atom is -0.459 e. The molecule has 2 aromatic rings. The molecule has 6 nitrogen and oxygen atoms in total. The molecule has 0 radical (unpaired) electrons. The zero-order valence-electron chi connectivity index (χ0n) is 13.1. The van der Waals surface area contributed by atoms with Crippen LogP contribution in [0, 0.1) is 0 Å². The largest absolute Gasteiger partial charge is 0.459 e. The van der Waals surface area contributed by atoms with Crippen molar-refractivity contribution in [2.75, 3.05) is 20.6 Å². The average molecular weight is 303 g/mol. The number of para-hydroxylation sites is 1. The number of nitrogens with one attached hydrogen (secondary N) is 2. The summed E-state index contributed by atoms with van der Waals surface area (Å²) < 4.78 is 5.83. The van der Waals surface area contributed by atoms with Crippen LogP contribution in [0.3, 0.4) is 0 Å². The van der Waals surface area contributed by atoms with E-state index in [1.807, 2.05) is 49.2 Å². The van der Waals surface area contributed by atoms with E-state index in [1.165, 1.54) is 7.05 Å². The van der Waals surface area contributed by atoms with Crippen molar-refractivity contribution in [2.45, 2.75) is 19.4 Å². The third-order valence-electron chi connectivity index (χ3n) is 3.69. The van der Waals surface area contributed by atoms with E-state index in [-0.39, 0.29) is 18.4 Å². The zero-order valence-corrected chi connectivity index (χ0v) is 13.1. The van der Waals surface area contributed by atoms with Crippen molar-refractivity contribution >= 4 is 22.9 Å². The van der Waals surface area contributed by atoms with E-state index in [9.17, 15) is 9.59 Å². The van der Waals surface area contributed by atoms with Gasteiger partial charge in [0.25, 0.3) is 0 Å². The van der Waals surface area contributed by atoms with Crippen molar-refractivity contribution in [3.8, 4) is 0 Å². The third kappa shape index (κ3) is 3.85. The lowest BCUT2D eigenvalue weighted by Gasteiger charge is -2.22. The first kappa shape index (κ1) is 16.0. The van der Waals surface area contributed by atoms with Crippen molar-refractivity contribution in [2.24, 2.45) is 0 Å². The summed E-state index contributed by atoms with van der Waals surface area (Å²) >= 11 is 0. The summed E-state index contributed by atoms with van der Waals surface area (Å²) in [6, 6.07) is 9.42. The number of carbonyl (C=O) groups is 2. The molecule has 6 heteroatoms. The number of rotatable bonds is 5. The average Bonchev–Trinajstić information content (AvgIpc) is 2.95. The molecule has 0 aliphatic carbocycles. The molecule has 2 N–H and O–H groups in total. The fourth-order valence-electron chi connectivity index (χ4n) is 2.15. The van der Waals surface area contributed by atoms with Crippen LogP contribution < -0.4 is 10.6 Å². The van der Waals surface area contributed by atoms with Gasteiger partial charge in [0.1, 0.15) is 11.3 Å². The van der Waals surface area contributed by atoms with E-state index < -0.39 is 6.03 Å². The number of benzene rings is 1. The van der Waals surface area contributed by atoms with Crippen LogP contribution >= 0.6 is 0 Å². The van der Waals surface area contributed by atoms with Gasteiger partial charge in [0.05, 0.1) is 6.04 Å². The highest BCUT2D eigenvalue weighted by Gasteiger charge is 2.17. The predicted molar refractivity (Wildman–Crippen MR) is 84.5 cm³/mol. The molecule has 1 atom stereocenters. The quantitative estimate of drug-likeness (QED) is 0.888. The summed E-state index contributed by atoms with van der Waals surface area (Å²) in [5, 5.41) is 5.66. The smallest absolute Gasteiger partial charge is 0.321 e. The Kier molecular flexibility index (Phi) is 5.16. The molecular weight excluding hydrogens is 282 g/mol. The van der Waals surface area contributed by atoms with Crippen LogP contribution in [0.25, 0.3) is 11.0 Å². The van der Waals surface area contributed by atoms with Crippen LogP contribution in [0.5, 0.6) is 0 Å². The topological polar surface area (TPSA) is 74.6 Å². The highest BCUT2D eigenvalue weighted by Crippen LogP contribution is 2.26. The van der Waals surface area contributed by atoms with Gasteiger partial charge in [-0.2, -0.15) is 0 Å². The standard InChI is InChI=1S/C16H21N3O3/c1-11(14-10-12-6-4-5-7-13(12)22-14)19(3)9-8-15(20)18-16(21)17-2/h4-7,10-11H,8-9H2,1-3H3,(H2,17,18,20,21)/t11-/m0/s1. The first-order valence-corrected chi connectivity index (χ1v) is 7.21. The van der Waals surface area contributed by atoms with Crippen molar-refractivity contribution in [3.05, 3.63) is 36.1 Å². The zero-order chi connectivity index (χ0) is 16.1. The summed E-state index contributed by atoms with van der Waals surface area (Å²) in [6.07, 6.45) is 0.245. The van der Waals surface area contributed by atoms with Crippen LogP contribution in [0.4, 0.5) is 4.79 Å². The fraction of sp³-hybridized carbons (Fsp3) is 0.375. The number of hydrogen-bond acceptors (Lipinski definition) is 4. The Labute approximate surface area is 129 Å². The summed E-state index contributed by atoms with van der Waals surface area (Å²) in [5.74, 6) is 0.554. The van der Waals surface area contributed by atoms with Crippen molar-refractivity contribution < 1.29 is 14.0 Å². The Hall–Kier alpha value is -2.34. The number of urea groups is 1. The first-order valence-electron chi connectivity index (χ1n) is 7.21. The highest BCUT2D eigenvalue weighted by molar-refractivity contribution is 5.94. The minimum atomic E-state index is -0.488. The Morgan fingerprint density at radius 2 is 2.05 bits per heavy atom. The van der Waals surface area contributed by atoms with Crippen LogP contribution in [0.1, 0.15) is 25.1 Å². The highest BCUT2D eigenvalue weighted by atomic mass is 16.3. The third-order valence-corrected chi connectivity index (χ3v) is 3.69. The number of fused-ring (bicyclic) bond motifs is 1. The number of imide groups is 1. The maximum Gasteiger partial charge on any atom is 0.321 e. The monoisotopic (exact) mass is 303 g/mol. The molecule has 0 saturated heterocycles. The number of nitrogens with zero attached hydrogens (tertiary/aromatic N) is 1. The van der Waals surface area contributed by atoms with Gasteiger partial charge in [-0.05, 0) is 26.1 Å². The molecule has 0 saturated carbocycles. The van der Waals surface area contributed by atoms with Gasteiger partial charge in [0.2, 0.25) is 5.91 Å². The normalized spacial score (nSPS) is 12.4. The van der Waals surface area contributed by atoms with Gasteiger partial charge < -0.3 is 9.73 Å². The summed E-state index contributed by atoms with van der Waals surface area (Å²) in [4.78, 5) is 24.7. The second-order valence-corrected chi connectivity index (χ2v) is 5.22. The lowest BCUT2D eigenvalue weighted by molar-refractivity contribution is -0.120. The molecule has 0 fully saturated rings. The van der Waals surface area contributed by atoms with E-state index in [4.69, 9.17) is 4.42 Å². The molecule has 22 heavy (non-hydrogen) atoms. The van der Waals surface area contributed by atoms with Gasteiger partial charge in [0.15, 0.2) is 0 Å². The van der Waals surface area contributed by atoms with Crippen LogP contribution in [-0.4, -0.2) is 37.5 Å². The van der Waals surface area contributed by atoms with E-state index in [0.29, 0.717) is 6.54 Å². The Morgan fingerprint density at radius 1 is 1.32 bits per heavy atom. The summed E-state index contributed by atoms with van der Waals surface area (Å²) in [5.41, 5.74) is 0.857. The molecule has 3 amide bonds. The summed E-state index contributed by atoms with van der Waals surface area (Å²) in [6.45, 7) is 2.55. The molecule has 1 aromatic carbocycles. The fourth-order valence-corrected chi connectivity index (χ4v) is 2.15.